The molecule has 140 valence electrons. The highest BCUT2D eigenvalue weighted by Gasteiger charge is 2.18. The van der Waals surface area contributed by atoms with Gasteiger partial charge in [0.25, 0.3) is 11.1 Å². The molecule has 0 bridgehead atoms. The van der Waals surface area contributed by atoms with E-state index in [2.05, 4.69) is 10.2 Å². The summed E-state index contributed by atoms with van der Waals surface area (Å²) < 4.78 is 11.3. The third-order valence-corrected chi connectivity index (χ3v) is 5.15. The van der Waals surface area contributed by atoms with Crippen molar-refractivity contribution in [2.45, 2.75) is 44.3 Å². The molecule has 0 atom stereocenters. The molecule has 1 aliphatic heterocycles. The van der Waals surface area contributed by atoms with E-state index in [0.717, 1.165) is 31.5 Å². The largest absolute Gasteiger partial charge is 0.493 e. The van der Waals surface area contributed by atoms with Gasteiger partial charge in [-0.05, 0) is 31.9 Å². The smallest absolute Gasteiger partial charge is 0.277 e. The van der Waals surface area contributed by atoms with Crippen molar-refractivity contribution in [3.8, 4) is 17.2 Å². The van der Waals surface area contributed by atoms with E-state index in [0.29, 0.717) is 29.2 Å². The molecule has 3 rings (SSSR count). The lowest BCUT2D eigenvalue weighted by Gasteiger charge is -2.24. The minimum Gasteiger partial charge on any atom is -0.493 e. The highest BCUT2D eigenvalue weighted by molar-refractivity contribution is 7.99. The minimum atomic E-state index is 0.145. The lowest BCUT2D eigenvalue weighted by Crippen LogP contribution is -2.35. The molecule has 2 heterocycles. The quantitative estimate of drug-likeness (QED) is 0.710. The molecule has 1 aromatic heterocycles. The predicted molar refractivity (Wildman–Crippen MR) is 101 cm³/mol. The highest BCUT2D eigenvalue weighted by Crippen LogP contribution is 2.30. The molecule has 1 saturated heterocycles. The minimum absolute atomic E-state index is 0.145. The molecular formula is C19H25N3O3S. The van der Waals surface area contributed by atoms with Crippen molar-refractivity contribution in [1.82, 2.24) is 15.1 Å². The van der Waals surface area contributed by atoms with Gasteiger partial charge in [-0.25, -0.2) is 0 Å². The fourth-order valence-electron chi connectivity index (χ4n) is 3.01. The fraction of sp³-hybridized carbons (Fsp3) is 0.526. The normalized spacial score (nSPS) is 15.3. The van der Waals surface area contributed by atoms with Crippen molar-refractivity contribution in [1.29, 1.82) is 0 Å². The molecule has 0 unspecified atom stereocenters. The molecule has 0 saturated carbocycles. The summed E-state index contributed by atoms with van der Waals surface area (Å²) in [6, 6.07) is 7.57. The van der Waals surface area contributed by atoms with E-state index in [9.17, 15) is 4.79 Å². The summed E-state index contributed by atoms with van der Waals surface area (Å²) in [5, 5.41) is 8.58. The molecule has 0 aliphatic carbocycles. The molecule has 2 aromatic rings. The Bertz CT molecular complexity index is 712. The maximum atomic E-state index is 12.4. The van der Waals surface area contributed by atoms with Crippen LogP contribution in [0.4, 0.5) is 0 Å². The van der Waals surface area contributed by atoms with Gasteiger partial charge in [-0.2, -0.15) is 0 Å². The van der Waals surface area contributed by atoms with Gasteiger partial charge in [0.2, 0.25) is 5.91 Å². The van der Waals surface area contributed by atoms with E-state index in [1.54, 1.807) is 0 Å². The number of ether oxygens (including phenoxy) is 1. The number of benzene rings is 1. The van der Waals surface area contributed by atoms with Crippen LogP contribution in [0.5, 0.6) is 5.75 Å². The lowest BCUT2D eigenvalue weighted by atomic mass is 10.1. The van der Waals surface area contributed by atoms with Gasteiger partial charge in [0.15, 0.2) is 0 Å². The van der Waals surface area contributed by atoms with Crippen molar-refractivity contribution in [2.75, 3.05) is 25.4 Å². The molecule has 0 N–H and O–H groups in total. The molecule has 0 spiro atoms. The van der Waals surface area contributed by atoms with E-state index in [1.165, 1.54) is 31.0 Å². The van der Waals surface area contributed by atoms with E-state index in [1.807, 2.05) is 36.1 Å². The number of hydrogen-bond acceptors (Lipinski definition) is 6. The summed E-state index contributed by atoms with van der Waals surface area (Å²) >= 11 is 1.30. The van der Waals surface area contributed by atoms with E-state index in [-0.39, 0.29) is 5.91 Å². The van der Waals surface area contributed by atoms with Crippen molar-refractivity contribution in [2.24, 2.45) is 0 Å². The van der Waals surface area contributed by atoms with Crippen LogP contribution in [0.2, 0.25) is 0 Å². The van der Waals surface area contributed by atoms with Gasteiger partial charge in [0.1, 0.15) is 5.75 Å². The van der Waals surface area contributed by atoms with Crippen molar-refractivity contribution in [3.63, 3.8) is 0 Å². The summed E-state index contributed by atoms with van der Waals surface area (Å²) in [6.45, 7) is 4.21. The number of thioether (sulfide) groups is 1. The topological polar surface area (TPSA) is 68.5 Å². The first kappa shape index (κ1) is 18.8. The van der Waals surface area contributed by atoms with Gasteiger partial charge >= 0.3 is 0 Å². The third-order valence-electron chi connectivity index (χ3n) is 4.35. The summed E-state index contributed by atoms with van der Waals surface area (Å²) in [5.74, 6) is 1.60. The van der Waals surface area contributed by atoms with Crippen LogP contribution in [0.25, 0.3) is 11.5 Å². The van der Waals surface area contributed by atoms with Crippen LogP contribution in [-0.4, -0.2) is 46.5 Å². The first-order valence-electron chi connectivity index (χ1n) is 9.24. The molecule has 0 radical (unpaired) electrons. The standard InChI is InChI=1S/C19H25N3O3S/c1-2-24-16-11-7-6-10-15(16)18-20-21-19(25-18)26-14-17(23)22-12-8-4-3-5-9-13-22/h6-7,10-11H,2-5,8-9,12-14H2,1H3. The first-order chi connectivity index (χ1) is 12.8. The van der Waals surface area contributed by atoms with Gasteiger partial charge in [0.05, 0.1) is 17.9 Å². The number of para-hydroxylation sites is 1. The average molecular weight is 375 g/mol. The molecule has 1 fully saturated rings. The predicted octanol–water partition coefficient (Wildman–Crippen LogP) is 4.02. The van der Waals surface area contributed by atoms with E-state index < -0.39 is 0 Å². The van der Waals surface area contributed by atoms with Crippen molar-refractivity contribution in [3.05, 3.63) is 24.3 Å². The summed E-state index contributed by atoms with van der Waals surface area (Å²) in [6.07, 6.45) is 5.89. The summed E-state index contributed by atoms with van der Waals surface area (Å²) in [7, 11) is 0. The SMILES string of the molecule is CCOc1ccccc1-c1nnc(SCC(=O)N2CCCCCCC2)o1. The molecule has 26 heavy (non-hydrogen) atoms. The number of amides is 1. The van der Waals surface area contributed by atoms with Gasteiger partial charge < -0.3 is 14.1 Å². The van der Waals surface area contributed by atoms with Crippen LogP contribution in [-0.2, 0) is 4.79 Å². The molecular weight excluding hydrogens is 350 g/mol. The number of likely N-dealkylation sites (tertiary alicyclic amines) is 1. The number of aromatic nitrogens is 2. The Morgan fingerprint density at radius 3 is 2.65 bits per heavy atom. The van der Waals surface area contributed by atoms with Crippen LogP contribution in [0.3, 0.4) is 0 Å². The average Bonchev–Trinajstić information content (AvgIpc) is 3.09. The number of carbonyl (C=O) groups is 1. The Morgan fingerprint density at radius 1 is 1.15 bits per heavy atom. The zero-order valence-corrected chi connectivity index (χ0v) is 16.0. The zero-order valence-electron chi connectivity index (χ0n) is 15.1. The first-order valence-corrected chi connectivity index (χ1v) is 10.2. The van der Waals surface area contributed by atoms with Crippen molar-refractivity contribution >= 4 is 17.7 Å². The number of nitrogens with zero attached hydrogens (tertiary/aromatic N) is 3. The molecule has 6 nitrogen and oxygen atoms in total. The fourth-order valence-corrected chi connectivity index (χ4v) is 3.68. The van der Waals surface area contributed by atoms with Gasteiger partial charge in [0, 0.05) is 13.1 Å². The number of hydrogen-bond donors (Lipinski definition) is 0. The van der Waals surface area contributed by atoms with E-state index in [4.69, 9.17) is 9.15 Å². The maximum absolute atomic E-state index is 12.4. The summed E-state index contributed by atoms with van der Waals surface area (Å²) in [4.78, 5) is 14.4. The Hall–Kier alpha value is -2.02. The Balaban J connectivity index is 1.59. The molecule has 1 aromatic carbocycles. The van der Waals surface area contributed by atoms with Gasteiger partial charge in [-0.1, -0.05) is 43.2 Å². The zero-order chi connectivity index (χ0) is 18.2. The van der Waals surface area contributed by atoms with Crippen LogP contribution < -0.4 is 4.74 Å². The third kappa shape index (κ3) is 5.00. The Kier molecular flexibility index (Phi) is 6.94. The lowest BCUT2D eigenvalue weighted by molar-refractivity contribution is -0.128. The number of carbonyl (C=O) groups excluding carboxylic acids is 1. The van der Waals surface area contributed by atoms with Crippen LogP contribution in [0.1, 0.15) is 39.0 Å². The van der Waals surface area contributed by atoms with Crippen LogP contribution in [0.15, 0.2) is 33.9 Å². The Labute approximate surface area is 158 Å². The van der Waals surface area contributed by atoms with Crippen molar-refractivity contribution < 1.29 is 13.9 Å². The second-order valence-corrected chi connectivity index (χ2v) is 7.17. The summed E-state index contributed by atoms with van der Waals surface area (Å²) in [5.41, 5.74) is 0.767. The van der Waals surface area contributed by atoms with E-state index >= 15 is 0 Å². The molecule has 1 aliphatic rings. The molecule has 1 amide bonds. The maximum Gasteiger partial charge on any atom is 0.277 e. The van der Waals surface area contributed by atoms with Crippen LogP contribution in [0, 0.1) is 0 Å². The second kappa shape index (κ2) is 9.62. The number of rotatable bonds is 6. The van der Waals surface area contributed by atoms with Gasteiger partial charge in [-0.15, -0.1) is 10.2 Å². The highest BCUT2D eigenvalue weighted by atomic mass is 32.2. The molecule has 7 heteroatoms. The Morgan fingerprint density at radius 2 is 1.88 bits per heavy atom. The second-order valence-electron chi connectivity index (χ2n) is 6.24. The van der Waals surface area contributed by atoms with Gasteiger partial charge in [-0.3, -0.25) is 4.79 Å². The van der Waals surface area contributed by atoms with Crippen LogP contribution >= 0.6 is 11.8 Å². The monoisotopic (exact) mass is 375 g/mol.